The lowest BCUT2D eigenvalue weighted by Gasteiger charge is -2.14. The van der Waals surface area contributed by atoms with Crippen LogP contribution in [0.1, 0.15) is 19.3 Å². The van der Waals surface area contributed by atoms with Gasteiger partial charge in [-0.3, -0.25) is 0 Å². The molecule has 94 valence electrons. The first-order valence-electron chi connectivity index (χ1n) is 6.49. The van der Waals surface area contributed by atoms with Gasteiger partial charge in [0.1, 0.15) is 0 Å². The number of anilines is 1. The zero-order valence-electron chi connectivity index (χ0n) is 10.6. The SMILES string of the molecule is CSc1ccc(NCCCN2CCCC2)cc1. The Morgan fingerprint density at radius 2 is 1.88 bits per heavy atom. The van der Waals surface area contributed by atoms with Crippen molar-refractivity contribution < 1.29 is 0 Å². The first-order chi connectivity index (χ1) is 8.38. The minimum Gasteiger partial charge on any atom is -0.385 e. The minimum atomic E-state index is 1.08. The van der Waals surface area contributed by atoms with Gasteiger partial charge >= 0.3 is 0 Å². The van der Waals surface area contributed by atoms with Crippen LogP contribution in [0, 0.1) is 0 Å². The van der Waals surface area contributed by atoms with Gasteiger partial charge in [-0.15, -0.1) is 11.8 Å². The third kappa shape index (κ3) is 4.25. The summed E-state index contributed by atoms with van der Waals surface area (Å²) in [5.41, 5.74) is 1.24. The summed E-state index contributed by atoms with van der Waals surface area (Å²) in [6, 6.07) is 8.68. The molecule has 1 N–H and O–H groups in total. The van der Waals surface area contributed by atoms with Gasteiger partial charge in [-0.2, -0.15) is 0 Å². The van der Waals surface area contributed by atoms with Crippen LogP contribution in [0.2, 0.25) is 0 Å². The molecule has 0 spiro atoms. The van der Waals surface area contributed by atoms with E-state index in [-0.39, 0.29) is 0 Å². The molecule has 0 saturated carbocycles. The standard InChI is InChI=1S/C14H22N2S/c1-17-14-7-5-13(6-8-14)15-9-4-12-16-10-2-3-11-16/h5-8,15H,2-4,9-12H2,1H3. The van der Waals surface area contributed by atoms with E-state index in [0.29, 0.717) is 0 Å². The number of hydrogen-bond donors (Lipinski definition) is 1. The van der Waals surface area contributed by atoms with Crippen molar-refractivity contribution in [1.29, 1.82) is 0 Å². The summed E-state index contributed by atoms with van der Waals surface area (Å²) < 4.78 is 0. The molecule has 17 heavy (non-hydrogen) atoms. The molecule has 0 aromatic heterocycles. The number of benzene rings is 1. The molecule has 0 amide bonds. The van der Waals surface area contributed by atoms with Crippen molar-refractivity contribution in [1.82, 2.24) is 4.90 Å². The summed E-state index contributed by atoms with van der Waals surface area (Å²) >= 11 is 1.79. The predicted molar refractivity (Wildman–Crippen MR) is 77.0 cm³/mol. The van der Waals surface area contributed by atoms with Crippen molar-refractivity contribution in [3.63, 3.8) is 0 Å². The summed E-state index contributed by atoms with van der Waals surface area (Å²) in [6.45, 7) is 4.94. The number of nitrogens with zero attached hydrogens (tertiary/aromatic N) is 1. The van der Waals surface area contributed by atoms with Crippen LogP contribution >= 0.6 is 11.8 Å². The molecule has 1 aromatic rings. The second kappa shape index (κ2) is 6.92. The Morgan fingerprint density at radius 1 is 1.18 bits per heavy atom. The number of nitrogens with one attached hydrogen (secondary N) is 1. The molecule has 1 aromatic carbocycles. The Morgan fingerprint density at radius 3 is 2.53 bits per heavy atom. The van der Waals surface area contributed by atoms with Crippen LogP contribution in [0.4, 0.5) is 5.69 Å². The van der Waals surface area contributed by atoms with Gasteiger partial charge in [-0.25, -0.2) is 0 Å². The molecular formula is C14H22N2S. The highest BCUT2D eigenvalue weighted by Crippen LogP contribution is 2.17. The number of hydrogen-bond acceptors (Lipinski definition) is 3. The predicted octanol–water partition coefficient (Wildman–Crippen LogP) is 3.31. The molecule has 0 unspecified atom stereocenters. The zero-order chi connectivity index (χ0) is 11.9. The molecule has 0 atom stereocenters. The normalized spacial score (nSPS) is 16.3. The van der Waals surface area contributed by atoms with Crippen molar-refractivity contribution in [3.8, 4) is 0 Å². The van der Waals surface area contributed by atoms with Gasteiger partial charge in [0.05, 0.1) is 0 Å². The monoisotopic (exact) mass is 250 g/mol. The second-order valence-corrected chi connectivity index (χ2v) is 5.44. The van der Waals surface area contributed by atoms with Crippen LogP contribution in [-0.2, 0) is 0 Å². The molecule has 3 heteroatoms. The van der Waals surface area contributed by atoms with Crippen molar-refractivity contribution in [3.05, 3.63) is 24.3 Å². The van der Waals surface area contributed by atoms with E-state index in [1.165, 1.54) is 49.5 Å². The largest absolute Gasteiger partial charge is 0.385 e. The van der Waals surface area contributed by atoms with Gasteiger partial charge in [-0.1, -0.05) is 0 Å². The van der Waals surface area contributed by atoms with Crippen molar-refractivity contribution >= 4 is 17.4 Å². The van der Waals surface area contributed by atoms with E-state index in [2.05, 4.69) is 40.7 Å². The Labute approximate surface area is 109 Å². The molecule has 2 nitrogen and oxygen atoms in total. The lowest BCUT2D eigenvalue weighted by atomic mass is 10.3. The number of likely N-dealkylation sites (tertiary alicyclic amines) is 1. The van der Waals surface area contributed by atoms with Crippen molar-refractivity contribution in [2.45, 2.75) is 24.2 Å². The minimum absolute atomic E-state index is 1.08. The Bertz CT molecular complexity index is 317. The molecule has 1 saturated heterocycles. The fourth-order valence-electron chi connectivity index (χ4n) is 2.25. The second-order valence-electron chi connectivity index (χ2n) is 4.56. The quantitative estimate of drug-likeness (QED) is 0.616. The molecule has 1 aliphatic rings. The van der Waals surface area contributed by atoms with Crippen LogP contribution < -0.4 is 5.32 Å². The highest BCUT2D eigenvalue weighted by Gasteiger charge is 2.09. The summed E-state index contributed by atoms with van der Waals surface area (Å²) in [7, 11) is 0. The fraction of sp³-hybridized carbons (Fsp3) is 0.571. The van der Waals surface area contributed by atoms with Gasteiger partial charge in [0.2, 0.25) is 0 Å². The molecule has 1 fully saturated rings. The fourth-order valence-corrected chi connectivity index (χ4v) is 2.66. The Hall–Kier alpha value is -0.670. The van der Waals surface area contributed by atoms with Crippen LogP contribution in [0.25, 0.3) is 0 Å². The highest BCUT2D eigenvalue weighted by molar-refractivity contribution is 7.98. The van der Waals surface area contributed by atoms with Crippen LogP contribution in [0.15, 0.2) is 29.2 Å². The van der Waals surface area contributed by atoms with Gasteiger partial charge in [-0.05, 0) is 69.4 Å². The topological polar surface area (TPSA) is 15.3 Å². The molecular weight excluding hydrogens is 228 g/mol. The lowest BCUT2D eigenvalue weighted by Crippen LogP contribution is -2.22. The summed E-state index contributed by atoms with van der Waals surface area (Å²) in [6.07, 6.45) is 6.13. The lowest BCUT2D eigenvalue weighted by molar-refractivity contribution is 0.337. The van der Waals surface area contributed by atoms with E-state index in [1.54, 1.807) is 11.8 Å². The van der Waals surface area contributed by atoms with E-state index in [4.69, 9.17) is 0 Å². The maximum absolute atomic E-state index is 3.48. The summed E-state index contributed by atoms with van der Waals surface area (Å²) in [5, 5.41) is 3.48. The smallest absolute Gasteiger partial charge is 0.0340 e. The van der Waals surface area contributed by atoms with Gasteiger partial charge in [0.15, 0.2) is 0 Å². The Kier molecular flexibility index (Phi) is 5.20. The maximum atomic E-state index is 3.48. The third-order valence-electron chi connectivity index (χ3n) is 3.27. The average Bonchev–Trinajstić information content (AvgIpc) is 2.88. The Balaban J connectivity index is 1.63. The van der Waals surface area contributed by atoms with E-state index < -0.39 is 0 Å². The van der Waals surface area contributed by atoms with Crippen LogP contribution in [0.3, 0.4) is 0 Å². The van der Waals surface area contributed by atoms with E-state index in [9.17, 15) is 0 Å². The third-order valence-corrected chi connectivity index (χ3v) is 4.01. The molecule has 0 radical (unpaired) electrons. The van der Waals surface area contributed by atoms with E-state index in [1.807, 2.05) is 0 Å². The first-order valence-corrected chi connectivity index (χ1v) is 7.71. The van der Waals surface area contributed by atoms with Crippen molar-refractivity contribution in [2.24, 2.45) is 0 Å². The summed E-state index contributed by atoms with van der Waals surface area (Å²) in [5.74, 6) is 0. The zero-order valence-corrected chi connectivity index (χ0v) is 11.4. The molecule has 1 aliphatic heterocycles. The molecule has 1 heterocycles. The average molecular weight is 250 g/mol. The maximum Gasteiger partial charge on any atom is 0.0340 e. The van der Waals surface area contributed by atoms with Gasteiger partial charge in [0, 0.05) is 17.1 Å². The van der Waals surface area contributed by atoms with E-state index >= 15 is 0 Å². The van der Waals surface area contributed by atoms with Gasteiger partial charge < -0.3 is 10.2 Å². The molecule has 0 aliphatic carbocycles. The number of thioether (sulfide) groups is 1. The van der Waals surface area contributed by atoms with Crippen LogP contribution in [-0.4, -0.2) is 37.3 Å². The number of rotatable bonds is 6. The van der Waals surface area contributed by atoms with E-state index in [0.717, 1.165) is 6.54 Å². The van der Waals surface area contributed by atoms with Crippen LogP contribution in [0.5, 0.6) is 0 Å². The highest BCUT2D eigenvalue weighted by atomic mass is 32.2. The van der Waals surface area contributed by atoms with Crippen molar-refractivity contribution in [2.75, 3.05) is 37.8 Å². The molecule has 0 bridgehead atoms. The first kappa shape index (κ1) is 12.8. The van der Waals surface area contributed by atoms with Gasteiger partial charge in [0.25, 0.3) is 0 Å². The molecule has 2 rings (SSSR count). The summed E-state index contributed by atoms with van der Waals surface area (Å²) in [4.78, 5) is 3.89.